The van der Waals surface area contributed by atoms with Gasteiger partial charge in [0.15, 0.2) is 0 Å². The maximum Gasteiger partial charge on any atom is 0.235 e. The molecule has 0 spiro atoms. The highest BCUT2D eigenvalue weighted by Crippen LogP contribution is 2.28. The van der Waals surface area contributed by atoms with Crippen LogP contribution < -0.4 is 14.4 Å². The molecule has 26 heavy (non-hydrogen) atoms. The summed E-state index contributed by atoms with van der Waals surface area (Å²) in [4.78, 5) is 12.4. The van der Waals surface area contributed by atoms with Gasteiger partial charge in [-0.15, -0.1) is 0 Å². The number of aryl methyl sites for hydroxylation is 1. The van der Waals surface area contributed by atoms with Gasteiger partial charge in [0, 0.05) is 12.2 Å². The normalized spacial score (nSPS) is 15.7. The lowest BCUT2D eigenvalue weighted by molar-refractivity contribution is -0.115. The quantitative estimate of drug-likeness (QED) is 0.873. The largest absolute Gasteiger partial charge is 0.497 e. The molecule has 0 radical (unpaired) electrons. The van der Waals surface area contributed by atoms with E-state index in [-0.39, 0.29) is 18.1 Å². The van der Waals surface area contributed by atoms with Crippen molar-refractivity contribution < 1.29 is 17.9 Å². The van der Waals surface area contributed by atoms with Gasteiger partial charge in [0.25, 0.3) is 0 Å². The van der Waals surface area contributed by atoms with Crippen molar-refractivity contribution in [1.29, 1.82) is 0 Å². The predicted octanol–water partition coefficient (Wildman–Crippen LogP) is 2.72. The third-order valence-corrected chi connectivity index (χ3v) is 6.25. The highest BCUT2D eigenvalue weighted by molar-refractivity contribution is 7.93. The number of carbonyl (C=O) groups excluding carboxylic acids is 1. The van der Waals surface area contributed by atoms with Crippen LogP contribution in [0.2, 0.25) is 0 Å². The summed E-state index contributed by atoms with van der Waals surface area (Å²) < 4.78 is 30.8. The number of benzene rings is 2. The standard InChI is InChI=1S/C19H22N2O4S/c1-14-7-8-16(21-9-4-10-26(21,23)24)13-18(14)20-19(22)12-15-5-3-6-17(11-15)25-2/h3,5-8,11,13H,4,9-10,12H2,1-2H3,(H,20,22). The second-order valence-electron chi connectivity index (χ2n) is 6.32. The van der Waals surface area contributed by atoms with E-state index in [1.54, 1.807) is 19.2 Å². The number of methoxy groups -OCH3 is 1. The molecule has 2 aromatic rings. The summed E-state index contributed by atoms with van der Waals surface area (Å²) in [5, 5.41) is 2.89. The second kappa shape index (κ2) is 7.37. The van der Waals surface area contributed by atoms with Crippen LogP contribution in [0.25, 0.3) is 0 Å². The van der Waals surface area contributed by atoms with Gasteiger partial charge >= 0.3 is 0 Å². The highest BCUT2D eigenvalue weighted by Gasteiger charge is 2.28. The molecule has 6 nitrogen and oxygen atoms in total. The van der Waals surface area contributed by atoms with Crippen molar-refractivity contribution in [3.05, 3.63) is 53.6 Å². The van der Waals surface area contributed by atoms with Crippen LogP contribution in [-0.2, 0) is 21.2 Å². The molecule has 1 fully saturated rings. The Morgan fingerprint density at radius 1 is 1.23 bits per heavy atom. The Hall–Kier alpha value is -2.54. The van der Waals surface area contributed by atoms with Gasteiger partial charge in [0.1, 0.15) is 5.75 Å². The van der Waals surface area contributed by atoms with Crippen LogP contribution >= 0.6 is 0 Å². The van der Waals surface area contributed by atoms with Crippen LogP contribution in [0.4, 0.5) is 11.4 Å². The molecule has 1 amide bonds. The minimum atomic E-state index is -3.25. The van der Waals surface area contributed by atoms with Gasteiger partial charge in [-0.2, -0.15) is 0 Å². The van der Waals surface area contributed by atoms with Gasteiger partial charge in [-0.1, -0.05) is 18.2 Å². The van der Waals surface area contributed by atoms with Crippen LogP contribution in [0, 0.1) is 6.92 Å². The zero-order chi connectivity index (χ0) is 18.7. The fourth-order valence-electron chi connectivity index (χ4n) is 2.99. The molecule has 1 N–H and O–H groups in total. The van der Waals surface area contributed by atoms with Gasteiger partial charge < -0.3 is 10.1 Å². The van der Waals surface area contributed by atoms with Gasteiger partial charge in [-0.3, -0.25) is 9.10 Å². The molecule has 2 aromatic carbocycles. The Morgan fingerprint density at radius 3 is 2.73 bits per heavy atom. The molecule has 1 aliphatic rings. The zero-order valence-electron chi connectivity index (χ0n) is 14.9. The molecule has 3 rings (SSSR count). The zero-order valence-corrected chi connectivity index (χ0v) is 15.7. The van der Waals surface area contributed by atoms with Crippen molar-refractivity contribution in [3.8, 4) is 5.75 Å². The topological polar surface area (TPSA) is 75.7 Å². The average molecular weight is 374 g/mol. The van der Waals surface area contributed by atoms with E-state index in [0.29, 0.717) is 30.1 Å². The molecule has 1 heterocycles. The predicted molar refractivity (Wildman–Crippen MR) is 102 cm³/mol. The van der Waals surface area contributed by atoms with Crippen molar-refractivity contribution in [3.63, 3.8) is 0 Å². The number of sulfonamides is 1. The van der Waals surface area contributed by atoms with E-state index >= 15 is 0 Å². The number of hydrogen-bond donors (Lipinski definition) is 1. The Balaban J connectivity index is 1.76. The van der Waals surface area contributed by atoms with Crippen LogP contribution in [0.1, 0.15) is 17.5 Å². The lowest BCUT2D eigenvalue weighted by Crippen LogP contribution is -2.25. The van der Waals surface area contributed by atoms with Gasteiger partial charge in [0.2, 0.25) is 15.9 Å². The first kappa shape index (κ1) is 18.3. The molecule has 1 aliphatic heterocycles. The number of nitrogens with zero attached hydrogens (tertiary/aromatic N) is 1. The summed E-state index contributed by atoms with van der Waals surface area (Å²) >= 11 is 0. The summed E-state index contributed by atoms with van der Waals surface area (Å²) in [5.41, 5.74) is 2.93. The molecule has 0 bridgehead atoms. The Kier molecular flexibility index (Phi) is 5.18. The van der Waals surface area contributed by atoms with Crippen LogP contribution in [-0.4, -0.2) is 33.7 Å². The van der Waals surface area contributed by atoms with E-state index in [2.05, 4.69) is 5.32 Å². The Labute approximate surface area is 153 Å². The number of amides is 1. The SMILES string of the molecule is COc1cccc(CC(=O)Nc2cc(N3CCCS3(=O)=O)ccc2C)c1. The number of nitrogens with one attached hydrogen (secondary N) is 1. The van der Waals surface area contributed by atoms with E-state index in [0.717, 1.165) is 11.1 Å². The van der Waals surface area contributed by atoms with Crippen molar-refractivity contribution in [2.75, 3.05) is 29.0 Å². The first-order chi connectivity index (χ1) is 12.4. The number of carbonyl (C=O) groups is 1. The fourth-order valence-corrected chi connectivity index (χ4v) is 4.55. The molecule has 0 aliphatic carbocycles. The smallest absolute Gasteiger partial charge is 0.235 e. The minimum Gasteiger partial charge on any atom is -0.497 e. The molecule has 0 atom stereocenters. The first-order valence-corrected chi connectivity index (χ1v) is 10.0. The maximum atomic E-state index is 12.4. The highest BCUT2D eigenvalue weighted by atomic mass is 32.2. The summed E-state index contributed by atoms with van der Waals surface area (Å²) in [6, 6.07) is 12.7. The maximum absolute atomic E-state index is 12.4. The van der Waals surface area contributed by atoms with Gasteiger partial charge in [-0.25, -0.2) is 8.42 Å². The van der Waals surface area contributed by atoms with E-state index in [9.17, 15) is 13.2 Å². The average Bonchev–Trinajstić information content (AvgIpc) is 2.96. The molecule has 0 unspecified atom stereocenters. The molecular weight excluding hydrogens is 352 g/mol. The molecule has 0 saturated carbocycles. The fraction of sp³-hybridized carbons (Fsp3) is 0.316. The summed E-state index contributed by atoms with van der Waals surface area (Å²) in [6.45, 7) is 2.35. The number of rotatable bonds is 5. The van der Waals surface area contributed by atoms with Crippen LogP contribution in [0.5, 0.6) is 5.75 Å². The Bertz CT molecular complexity index is 925. The lowest BCUT2D eigenvalue weighted by Gasteiger charge is -2.19. The van der Waals surface area contributed by atoms with E-state index in [4.69, 9.17) is 4.74 Å². The molecule has 1 saturated heterocycles. The van der Waals surface area contributed by atoms with Crippen molar-refractivity contribution in [1.82, 2.24) is 0 Å². The summed E-state index contributed by atoms with van der Waals surface area (Å²) in [6.07, 6.45) is 0.830. The third kappa shape index (κ3) is 3.99. The van der Waals surface area contributed by atoms with Crippen molar-refractivity contribution in [2.45, 2.75) is 19.8 Å². The Morgan fingerprint density at radius 2 is 2.04 bits per heavy atom. The summed E-state index contributed by atoms with van der Waals surface area (Å²) in [5.74, 6) is 0.703. The van der Waals surface area contributed by atoms with Gasteiger partial charge in [-0.05, 0) is 48.7 Å². The monoisotopic (exact) mass is 374 g/mol. The van der Waals surface area contributed by atoms with Gasteiger partial charge in [0.05, 0.1) is 25.0 Å². The van der Waals surface area contributed by atoms with Crippen LogP contribution in [0.3, 0.4) is 0 Å². The van der Waals surface area contributed by atoms with Crippen LogP contribution in [0.15, 0.2) is 42.5 Å². The first-order valence-electron chi connectivity index (χ1n) is 8.43. The van der Waals surface area contributed by atoms with E-state index < -0.39 is 10.0 Å². The molecule has 7 heteroatoms. The lowest BCUT2D eigenvalue weighted by atomic mass is 10.1. The van der Waals surface area contributed by atoms with Crippen molar-refractivity contribution >= 4 is 27.3 Å². The third-order valence-electron chi connectivity index (χ3n) is 4.38. The minimum absolute atomic E-state index is 0.164. The summed E-state index contributed by atoms with van der Waals surface area (Å²) in [7, 11) is -1.66. The number of hydrogen-bond acceptors (Lipinski definition) is 4. The molecule has 0 aromatic heterocycles. The van der Waals surface area contributed by atoms with E-state index in [1.165, 1.54) is 4.31 Å². The second-order valence-corrected chi connectivity index (χ2v) is 8.33. The van der Waals surface area contributed by atoms with Crippen molar-refractivity contribution in [2.24, 2.45) is 0 Å². The number of ether oxygens (including phenoxy) is 1. The van der Waals surface area contributed by atoms with E-state index in [1.807, 2.05) is 37.3 Å². The molecule has 138 valence electrons. The number of anilines is 2. The molecular formula is C19H22N2O4S.